The lowest BCUT2D eigenvalue weighted by atomic mass is 9.88. The summed E-state index contributed by atoms with van der Waals surface area (Å²) in [5.74, 6) is 0. The summed E-state index contributed by atoms with van der Waals surface area (Å²) in [5, 5.41) is 7.96. The van der Waals surface area contributed by atoms with Crippen molar-refractivity contribution in [3.63, 3.8) is 0 Å². The third-order valence-corrected chi connectivity index (χ3v) is 4.55. The molecular weight excluding hydrogens is 236 g/mol. The van der Waals surface area contributed by atoms with Crippen molar-refractivity contribution < 1.29 is 0 Å². The second kappa shape index (κ2) is 5.25. The molecule has 0 aliphatic carbocycles. The van der Waals surface area contributed by atoms with E-state index < -0.39 is 0 Å². The fraction of sp³-hybridized carbons (Fsp3) is 0.800. The van der Waals surface area contributed by atoms with E-state index in [1.807, 2.05) is 17.9 Å². The van der Waals surface area contributed by atoms with Crippen LogP contribution in [0.4, 0.5) is 0 Å². The first-order valence-electron chi connectivity index (χ1n) is 7.32. The van der Waals surface area contributed by atoms with Crippen molar-refractivity contribution in [1.29, 1.82) is 0 Å². The van der Waals surface area contributed by atoms with Crippen LogP contribution in [-0.4, -0.2) is 45.4 Å². The molecule has 0 spiro atoms. The number of aryl methyl sites for hydroxylation is 1. The summed E-state index contributed by atoms with van der Waals surface area (Å²) in [6.45, 7) is 12.6. The maximum absolute atomic E-state index is 4.25. The summed E-state index contributed by atoms with van der Waals surface area (Å²) < 4.78 is 1.88. The molecule has 1 aromatic rings. The van der Waals surface area contributed by atoms with Crippen molar-refractivity contribution in [2.45, 2.75) is 51.6 Å². The number of rotatable bonds is 4. The Labute approximate surface area is 117 Å². The van der Waals surface area contributed by atoms with Gasteiger partial charge in [-0.3, -0.25) is 9.58 Å². The van der Waals surface area contributed by atoms with E-state index in [1.165, 1.54) is 12.0 Å². The van der Waals surface area contributed by atoms with Crippen LogP contribution in [0.15, 0.2) is 12.4 Å². The zero-order valence-corrected chi connectivity index (χ0v) is 13.0. The molecule has 4 heteroatoms. The van der Waals surface area contributed by atoms with E-state index in [9.17, 15) is 0 Å². The van der Waals surface area contributed by atoms with Gasteiger partial charge in [-0.1, -0.05) is 6.92 Å². The largest absolute Gasteiger partial charge is 0.308 e. The summed E-state index contributed by atoms with van der Waals surface area (Å²) >= 11 is 0. The molecule has 4 nitrogen and oxygen atoms in total. The number of hydrogen-bond donors (Lipinski definition) is 1. The number of aromatic nitrogens is 2. The molecule has 1 atom stereocenters. The van der Waals surface area contributed by atoms with Crippen molar-refractivity contribution in [3.8, 4) is 0 Å². The van der Waals surface area contributed by atoms with E-state index in [1.54, 1.807) is 0 Å². The Morgan fingerprint density at radius 2 is 2.11 bits per heavy atom. The minimum atomic E-state index is 0.233. The van der Waals surface area contributed by atoms with Crippen LogP contribution in [0.5, 0.6) is 0 Å². The van der Waals surface area contributed by atoms with Gasteiger partial charge in [-0.25, -0.2) is 0 Å². The van der Waals surface area contributed by atoms with Gasteiger partial charge in [0.1, 0.15) is 0 Å². The van der Waals surface area contributed by atoms with Crippen molar-refractivity contribution in [2.75, 3.05) is 19.6 Å². The topological polar surface area (TPSA) is 33.1 Å². The van der Waals surface area contributed by atoms with Crippen molar-refractivity contribution in [3.05, 3.63) is 18.0 Å². The van der Waals surface area contributed by atoms with Gasteiger partial charge in [0.25, 0.3) is 0 Å². The van der Waals surface area contributed by atoms with Crippen molar-refractivity contribution in [2.24, 2.45) is 7.05 Å². The van der Waals surface area contributed by atoms with E-state index in [2.05, 4.69) is 49.2 Å². The smallest absolute Gasteiger partial charge is 0.0522 e. The van der Waals surface area contributed by atoms with Crippen LogP contribution in [0.3, 0.4) is 0 Å². The predicted molar refractivity (Wildman–Crippen MR) is 79.3 cm³/mol. The molecular formula is C15H28N4. The van der Waals surface area contributed by atoms with Crippen LogP contribution in [-0.2, 0) is 13.5 Å². The SMILES string of the molecule is CCC1(C)CN(CCc2cnn(C)c2)C(C)(C)CN1. The Bertz CT molecular complexity index is 424. The second-order valence-corrected chi connectivity index (χ2v) is 6.77. The van der Waals surface area contributed by atoms with E-state index in [-0.39, 0.29) is 11.1 Å². The zero-order valence-electron chi connectivity index (χ0n) is 13.0. The highest BCUT2D eigenvalue weighted by molar-refractivity contribution is 5.06. The molecule has 1 aromatic heterocycles. The molecule has 1 aliphatic rings. The summed E-state index contributed by atoms with van der Waals surface area (Å²) in [4.78, 5) is 2.62. The number of nitrogens with one attached hydrogen (secondary N) is 1. The molecule has 1 saturated heterocycles. The van der Waals surface area contributed by atoms with Crippen molar-refractivity contribution >= 4 is 0 Å². The normalized spacial score (nSPS) is 27.6. The fourth-order valence-corrected chi connectivity index (χ4v) is 2.72. The minimum absolute atomic E-state index is 0.233. The molecule has 0 radical (unpaired) electrons. The number of piperazine rings is 1. The van der Waals surface area contributed by atoms with Gasteiger partial charge >= 0.3 is 0 Å². The molecule has 0 aromatic carbocycles. The molecule has 1 unspecified atom stereocenters. The first kappa shape index (κ1) is 14.5. The summed E-state index contributed by atoms with van der Waals surface area (Å²) in [6, 6.07) is 0. The fourth-order valence-electron chi connectivity index (χ4n) is 2.72. The third-order valence-electron chi connectivity index (χ3n) is 4.55. The number of hydrogen-bond acceptors (Lipinski definition) is 3. The summed E-state index contributed by atoms with van der Waals surface area (Å²) in [6.07, 6.45) is 6.35. The Kier molecular flexibility index (Phi) is 4.02. The van der Waals surface area contributed by atoms with Gasteiger partial charge in [0.2, 0.25) is 0 Å². The molecule has 1 fully saturated rings. The molecule has 2 heterocycles. The lowest BCUT2D eigenvalue weighted by Gasteiger charge is -2.50. The molecule has 2 rings (SSSR count). The van der Waals surface area contributed by atoms with Crippen LogP contribution in [0.1, 0.15) is 39.7 Å². The Hall–Kier alpha value is -0.870. The zero-order chi connectivity index (χ0) is 14.1. The molecule has 0 bridgehead atoms. The molecule has 1 N–H and O–H groups in total. The van der Waals surface area contributed by atoms with E-state index in [0.29, 0.717) is 0 Å². The van der Waals surface area contributed by atoms with Gasteiger partial charge in [-0.05, 0) is 39.2 Å². The highest BCUT2D eigenvalue weighted by Gasteiger charge is 2.38. The Morgan fingerprint density at radius 1 is 1.37 bits per heavy atom. The van der Waals surface area contributed by atoms with Crippen molar-refractivity contribution in [1.82, 2.24) is 20.0 Å². The standard InChI is InChI=1S/C15H28N4/c1-6-15(4)12-19(14(2,3)11-16-15)8-7-13-9-17-18(5)10-13/h9-10,16H,6-8,11-12H2,1-5H3. The molecule has 19 heavy (non-hydrogen) atoms. The Morgan fingerprint density at radius 3 is 2.68 bits per heavy atom. The maximum Gasteiger partial charge on any atom is 0.0522 e. The Balaban J connectivity index is 1.99. The molecule has 0 saturated carbocycles. The van der Waals surface area contributed by atoms with Gasteiger partial charge in [-0.2, -0.15) is 5.10 Å². The third kappa shape index (κ3) is 3.37. The van der Waals surface area contributed by atoms with Crippen LogP contribution in [0, 0.1) is 0 Å². The molecule has 1 aliphatic heterocycles. The van der Waals surface area contributed by atoms with E-state index in [4.69, 9.17) is 0 Å². The lowest BCUT2D eigenvalue weighted by Crippen LogP contribution is -2.67. The van der Waals surface area contributed by atoms with Crippen LogP contribution in [0.25, 0.3) is 0 Å². The number of nitrogens with zero attached hydrogens (tertiary/aromatic N) is 3. The predicted octanol–water partition coefficient (Wildman–Crippen LogP) is 1.82. The van der Waals surface area contributed by atoms with Gasteiger partial charge < -0.3 is 5.32 Å². The van der Waals surface area contributed by atoms with E-state index >= 15 is 0 Å². The average Bonchev–Trinajstić information content (AvgIpc) is 2.77. The quantitative estimate of drug-likeness (QED) is 0.900. The van der Waals surface area contributed by atoms with E-state index in [0.717, 1.165) is 26.1 Å². The van der Waals surface area contributed by atoms with Gasteiger partial charge in [-0.15, -0.1) is 0 Å². The molecule has 108 valence electrons. The first-order chi connectivity index (χ1) is 8.85. The minimum Gasteiger partial charge on any atom is -0.308 e. The van der Waals surface area contributed by atoms with Crippen LogP contribution in [0.2, 0.25) is 0 Å². The van der Waals surface area contributed by atoms with Gasteiger partial charge in [0.15, 0.2) is 0 Å². The average molecular weight is 264 g/mol. The van der Waals surface area contributed by atoms with Crippen LogP contribution >= 0.6 is 0 Å². The monoisotopic (exact) mass is 264 g/mol. The lowest BCUT2D eigenvalue weighted by molar-refractivity contribution is 0.0323. The summed E-state index contributed by atoms with van der Waals surface area (Å²) in [5.41, 5.74) is 1.82. The van der Waals surface area contributed by atoms with Crippen LogP contribution < -0.4 is 5.32 Å². The first-order valence-corrected chi connectivity index (χ1v) is 7.32. The highest BCUT2D eigenvalue weighted by Crippen LogP contribution is 2.25. The van der Waals surface area contributed by atoms with Gasteiger partial charge in [0.05, 0.1) is 6.20 Å². The molecule has 0 amide bonds. The maximum atomic E-state index is 4.25. The highest BCUT2D eigenvalue weighted by atomic mass is 15.3. The van der Waals surface area contributed by atoms with Gasteiger partial charge in [0, 0.05) is 44.0 Å². The second-order valence-electron chi connectivity index (χ2n) is 6.77. The summed E-state index contributed by atoms with van der Waals surface area (Å²) in [7, 11) is 1.98.